The highest BCUT2D eigenvalue weighted by Gasteiger charge is 2.48. The maximum absolute atomic E-state index is 3.61. The van der Waals surface area contributed by atoms with Crippen LogP contribution in [0.5, 0.6) is 0 Å². The Morgan fingerprint density at radius 3 is 1.50 bits per heavy atom. The van der Waals surface area contributed by atoms with Gasteiger partial charge in [0.05, 0.1) is 0 Å². The van der Waals surface area contributed by atoms with Crippen LogP contribution in [0, 0.1) is 0 Å². The molecule has 0 bridgehead atoms. The van der Waals surface area contributed by atoms with E-state index in [9.17, 15) is 0 Å². The van der Waals surface area contributed by atoms with Gasteiger partial charge in [0.1, 0.15) is 0 Å². The molecule has 0 N–H and O–H groups in total. The van der Waals surface area contributed by atoms with Gasteiger partial charge in [-0.05, 0) is 44.0 Å². The van der Waals surface area contributed by atoms with Crippen molar-refractivity contribution >= 4 is 44.8 Å². The summed E-state index contributed by atoms with van der Waals surface area (Å²) in [5.41, 5.74) is 2.78. The predicted molar refractivity (Wildman–Crippen MR) is 117 cm³/mol. The molecule has 1 heterocycles. The van der Waals surface area contributed by atoms with Gasteiger partial charge in [-0.15, -0.1) is 0 Å². The molecule has 0 atom stereocenters. The standard InChI is InChI=1S/C24H17BrSi/c25-18-14-16-20(17-15-18)26(19-8-2-1-3-9-19)23-12-6-4-10-21(23)22-11-5-7-13-24(22)26/h1-17H. The summed E-state index contributed by atoms with van der Waals surface area (Å²) in [6, 6.07) is 38.0. The minimum atomic E-state index is -2.27. The largest absolute Gasteiger partial charge is 0.180 e. The second-order valence-electron chi connectivity index (χ2n) is 6.71. The second-order valence-corrected chi connectivity index (χ2v) is 11.4. The van der Waals surface area contributed by atoms with Crippen LogP contribution in [0.25, 0.3) is 11.1 Å². The van der Waals surface area contributed by atoms with Crippen LogP contribution in [-0.2, 0) is 0 Å². The van der Waals surface area contributed by atoms with E-state index in [4.69, 9.17) is 0 Å². The lowest BCUT2D eigenvalue weighted by Crippen LogP contribution is -2.72. The van der Waals surface area contributed by atoms with Crippen molar-refractivity contribution in [1.29, 1.82) is 0 Å². The summed E-state index contributed by atoms with van der Waals surface area (Å²) < 4.78 is 1.12. The molecule has 0 saturated carbocycles. The Balaban J connectivity index is 1.96. The summed E-state index contributed by atoms with van der Waals surface area (Å²) in [5, 5.41) is 5.87. The summed E-state index contributed by atoms with van der Waals surface area (Å²) in [5.74, 6) is 0. The molecule has 5 rings (SSSR count). The molecule has 0 aromatic heterocycles. The summed E-state index contributed by atoms with van der Waals surface area (Å²) in [6.07, 6.45) is 0. The molecule has 0 unspecified atom stereocenters. The first-order valence-corrected chi connectivity index (χ1v) is 11.6. The van der Waals surface area contributed by atoms with Gasteiger partial charge >= 0.3 is 0 Å². The number of halogens is 1. The van der Waals surface area contributed by atoms with Crippen molar-refractivity contribution < 1.29 is 0 Å². The zero-order chi connectivity index (χ0) is 17.6. The summed E-state index contributed by atoms with van der Waals surface area (Å²) in [4.78, 5) is 0. The quantitative estimate of drug-likeness (QED) is 0.386. The van der Waals surface area contributed by atoms with E-state index in [0.29, 0.717) is 0 Å². The first-order chi connectivity index (χ1) is 12.8. The summed E-state index contributed by atoms with van der Waals surface area (Å²) in [6.45, 7) is 0. The van der Waals surface area contributed by atoms with Crippen molar-refractivity contribution in [1.82, 2.24) is 0 Å². The Morgan fingerprint density at radius 1 is 0.462 bits per heavy atom. The fraction of sp³-hybridized carbons (Fsp3) is 0. The highest BCUT2D eigenvalue weighted by molar-refractivity contribution is 9.10. The van der Waals surface area contributed by atoms with Gasteiger partial charge in [-0.25, -0.2) is 0 Å². The molecule has 124 valence electrons. The van der Waals surface area contributed by atoms with Gasteiger partial charge in [0.2, 0.25) is 0 Å². The van der Waals surface area contributed by atoms with Crippen molar-refractivity contribution in [2.75, 3.05) is 0 Å². The molecule has 4 aromatic rings. The Morgan fingerprint density at radius 2 is 0.923 bits per heavy atom. The second kappa shape index (κ2) is 6.08. The monoisotopic (exact) mass is 412 g/mol. The van der Waals surface area contributed by atoms with Crippen LogP contribution < -0.4 is 20.7 Å². The minimum Gasteiger partial charge on any atom is -0.0623 e. The molecule has 4 aromatic carbocycles. The first-order valence-electron chi connectivity index (χ1n) is 8.83. The number of hydrogen-bond donors (Lipinski definition) is 0. The van der Waals surface area contributed by atoms with E-state index in [-0.39, 0.29) is 0 Å². The highest BCUT2D eigenvalue weighted by Crippen LogP contribution is 2.28. The zero-order valence-corrected chi connectivity index (χ0v) is 16.8. The van der Waals surface area contributed by atoms with E-state index >= 15 is 0 Å². The van der Waals surface area contributed by atoms with Gasteiger partial charge in [-0.2, -0.15) is 0 Å². The normalized spacial score (nSPS) is 13.9. The number of fused-ring (bicyclic) bond motifs is 3. The average Bonchev–Trinajstić information content (AvgIpc) is 3.01. The molecule has 0 spiro atoms. The van der Waals surface area contributed by atoms with E-state index in [2.05, 4.69) is 119 Å². The molecule has 0 radical (unpaired) electrons. The maximum Gasteiger partial charge on any atom is 0.180 e. The van der Waals surface area contributed by atoms with Crippen molar-refractivity contribution in [3.05, 3.63) is 108 Å². The molecule has 0 saturated heterocycles. The van der Waals surface area contributed by atoms with Crippen LogP contribution in [0.15, 0.2) is 108 Å². The lowest BCUT2D eigenvalue weighted by molar-refractivity contribution is 1.67. The minimum absolute atomic E-state index is 1.12. The lowest BCUT2D eigenvalue weighted by atomic mass is 10.1. The predicted octanol–water partition coefficient (Wildman–Crippen LogP) is 3.81. The van der Waals surface area contributed by atoms with E-state index < -0.39 is 8.07 Å². The molecule has 2 heteroatoms. The van der Waals surface area contributed by atoms with Crippen LogP contribution in [0.4, 0.5) is 0 Å². The molecule has 0 fully saturated rings. The number of benzene rings is 4. The summed E-state index contributed by atoms with van der Waals surface area (Å²) >= 11 is 3.61. The lowest BCUT2D eigenvalue weighted by Gasteiger charge is -2.31. The van der Waals surface area contributed by atoms with Crippen molar-refractivity contribution in [2.24, 2.45) is 0 Å². The Bertz CT molecular complexity index is 1040. The molecule has 0 nitrogen and oxygen atoms in total. The van der Waals surface area contributed by atoms with Crippen LogP contribution in [-0.4, -0.2) is 8.07 Å². The van der Waals surface area contributed by atoms with Gasteiger partial charge < -0.3 is 0 Å². The third-order valence-corrected chi connectivity index (χ3v) is 10.9. The van der Waals surface area contributed by atoms with Crippen molar-refractivity contribution in [2.45, 2.75) is 0 Å². The number of hydrogen-bond acceptors (Lipinski definition) is 0. The highest BCUT2D eigenvalue weighted by atomic mass is 79.9. The van der Waals surface area contributed by atoms with Gasteiger partial charge in [0.25, 0.3) is 0 Å². The van der Waals surface area contributed by atoms with Crippen LogP contribution in [0.3, 0.4) is 0 Å². The van der Waals surface area contributed by atoms with Gasteiger partial charge in [0.15, 0.2) is 8.07 Å². The van der Waals surface area contributed by atoms with Crippen molar-refractivity contribution in [3.63, 3.8) is 0 Å². The molecule has 0 amide bonds. The van der Waals surface area contributed by atoms with E-state index in [1.807, 2.05) is 0 Å². The molecule has 1 aliphatic rings. The third kappa shape index (κ3) is 2.12. The Labute approximate surface area is 163 Å². The van der Waals surface area contributed by atoms with Crippen LogP contribution in [0.2, 0.25) is 0 Å². The maximum atomic E-state index is 3.61. The third-order valence-electron chi connectivity index (χ3n) is 5.44. The first kappa shape index (κ1) is 15.8. The Kier molecular flexibility index (Phi) is 3.70. The van der Waals surface area contributed by atoms with Crippen LogP contribution in [0.1, 0.15) is 0 Å². The van der Waals surface area contributed by atoms with E-state index in [0.717, 1.165) is 4.47 Å². The van der Waals surface area contributed by atoms with Gasteiger partial charge in [-0.1, -0.05) is 107 Å². The van der Waals surface area contributed by atoms with Gasteiger partial charge in [-0.3, -0.25) is 0 Å². The molecule has 26 heavy (non-hydrogen) atoms. The zero-order valence-electron chi connectivity index (χ0n) is 14.2. The summed E-state index contributed by atoms with van der Waals surface area (Å²) in [7, 11) is -2.27. The Hall–Kier alpha value is -2.42. The molecular weight excluding hydrogens is 396 g/mol. The topological polar surface area (TPSA) is 0 Å². The van der Waals surface area contributed by atoms with E-state index in [1.165, 1.54) is 31.9 Å². The van der Waals surface area contributed by atoms with E-state index in [1.54, 1.807) is 0 Å². The average molecular weight is 413 g/mol. The van der Waals surface area contributed by atoms with Gasteiger partial charge in [0, 0.05) is 4.47 Å². The van der Waals surface area contributed by atoms with Crippen LogP contribution >= 0.6 is 15.9 Å². The molecular formula is C24H17BrSi. The SMILES string of the molecule is Brc1ccc([Si]2(c3ccccc3)c3ccccc3-c3ccccc32)cc1. The molecule has 0 aliphatic carbocycles. The fourth-order valence-electron chi connectivity index (χ4n) is 4.41. The number of rotatable bonds is 2. The van der Waals surface area contributed by atoms with Crippen molar-refractivity contribution in [3.8, 4) is 11.1 Å². The molecule has 1 aliphatic heterocycles. The fourth-order valence-corrected chi connectivity index (χ4v) is 9.84. The smallest absolute Gasteiger partial charge is 0.0623 e.